The van der Waals surface area contributed by atoms with Crippen molar-refractivity contribution in [2.45, 2.75) is 43.8 Å². The number of sulfonamides is 1. The van der Waals surface area contributed by atoms with Gasteiger partial charge in [0.15, 0.2) is 0 Å². The van der Waals surface area contributed by atoms with Gasteiger partial charge < -0.3 is 10.2 Å². The molecule has 4 aromatic rings. The molecule has 1 N–H and O–H groups in total. The topological polar surface area (TPSA) is 86.8 Å². The number of halogens is 4. The van der Waals surface area contributed by atoms with Crippen molar-refractivity contribution >= 4 is 73.9 Å². The van der Waals surface area contributed by atoms with Crippen LogP contribution >= 0.6 is 46.4 Å². The zero-order chi connectivity index (χ0) is 32.7. The second-order valence-corrected chi connectivity index (χ2v) is 14.2. The number of rotatable bonds is 12. The summed E-state index contributed by atoms with van der Waals surface area (Å²) in [6.07, 6.45) is 0.158. The summed E-state index contributed by atoms with van der Waals surface area (Å²) in [4.78, 5) is 29.6. The number of carbonyl (C=O) groups excluding carboxylic acids is 2. The van der Waals surface area contributed by atoms with E-state index in [4.69, 9.17) is 46.4 Å². The maximum Gasteiger partial charge on any atom is 0.264 e. The van der Waals surface area contributed by atoms with E-state index in [0.29, 0.717) is 15.6 Å². The van der Waals surface area contributed by atoms with Crippen molar-refractivity contribution in [3.05, 3.63) is 128 Å². The van der Waals surface area contributed by atoms with Crippen molar-refractivity contribution in [2.24, 2.45) is 0 Å². The summed E-state index contributed by atoms with van der Waals surface area (Å²) in [6, 6.07) is 24.8. The van der Waals surface area contributed by atoms with Crippen molar-refractivity contribution in [2.75, 3.05) is 10.8 Å². The van der Waals surface area contributed by atoms with E-state index in [1.54, 1.807) is 36.4 Å². The van der Waals surface area contributed by atoms with Gasteiger partial charge in [-0.05, 0) is 67.4 Å². The maximum atomic E-state index is 14.5. The third-order valence-electron chi connectivity index (χ3n) is 6.80. The lowest BCUT2D eigenvalue weighted by molar-refractivity contribution is -0.140. The minimum absolute atomic E-state index is 0.0421. The predicted molar refractivity (Wildman–Crippen MR) is 182 cm³/mol. The lowest BCUT2D eigenvalue weighted by Crippen LogP contribution is -2.54. The van der Waals surface area contributed by atoms with E-state index >= 15 is 0 Å². The molecule has 236 valence electrons. The monoisotopic (exact) mass is 705 g/mol. The van der Waals surface area contributed by atoms with Crippen LogP contribution in [0.2, 0.25) is 20.1 Å². The molecule has 12 heteroatoms. The molecule has 1 unspecified atom stereocenters. The number of nitrogens with zero attached hydrogens (tertiary/aromatic N) is 2. The molecule has 4 aromatic carbocycles. The molecule has 0 fully saturated rings. The van der Waals surface area contributed by atoms with E-state index in [1.165, 1.54) is 35.2 Å². The van der Waals surface area contributed by atoms with Gasteiger partial charge in [-0.2, -0.15) is 0 Å². The van der Waals surface area contributed by atoms with Gasteiger partial charge in [-0.1, -0.05) is 101 Å². The second kappa shape index (κ2) is 15.3. The Morgan fingerprint density at radius 2 is 1.38 bits per heavy atom. The molecule has 4 rings (SSSR count). The predicted octanol–water partition coefficient (Wildman–Crippen LogP) is 7.66. The van der Waals surface area contributed by atoms with Crippen LogP contribution in [-0.2, 0) is 32.6 Å². The summed E-state index contributed by atoms with van der Waals surface area (Å²) in [5.74, 6) is -1.06. The molecule has 0 bridgehead atoms. The van der Waals surface area contributed by atoms with Gasteiger partial charge in [0.25, 0.3) is 10.0 Å². The standard InChI is InChI=1S/C33H31Cl4N3O4S/c1-22(2)38-33(42)31(15-23-9-5-3-6-10-23)39(20-24-13-14-25(34)19-30(24)37)32(41)21-40(28-17-26(35)16-27(36)18-28)45(43,44)29-11-7-4-8-12-29/h3-14,16-19,22,31H,15,20-21H2,1-2H3,(H,38,42). The van der Waals surface area contributed by atoms with Crippen LogP contribution in [0, 0.1) is 0 Å². The van der Waals surface area contributed by atoms with Crippen LogP contribution in [0.5, 0.6) is 0 Å². The highest BCUT2D eigenvalue weighted by molar-refractivity contribution is 7.92. The summed E-state index contributed by atoms with van der Waals surface area (Å²) in [7, 11) is -4.30. The first-order valence-electron chi connectivity index (χ1n) is 14.0. The number of hydrogen-bond acceptors (Lipinski definition) is 4. The number of amides is 2. The molecule has 45 heavy (non-hydrogen) atoms. The summed E-state index contributed by atoms with van der Waals surface area (Å²) in [5, 5.41) is 3.96. The van der Waals surface area contributed by atoms with Gasteiger partial charge in [0, 0.05) is 39.1 Å². The van der Waals surface area contributed by atoms with Gasteiger partial charge in [-0.25, -0.2) is 8.42 Å². The summed E-state index contributed by atoms with van der Waals surface area (Å²) >= 11 is 25.2. The van der Waals surface area contributed by atoms with Gasteiger partial charge >= 0.3 is 0 Å². The molecule has 2 amide bonds. The molecule has 0 aromatic heterocycles. The highest BCUT2D eigenvalue weighted by atomic mass is 35.5. The molecule has 0 radical (unpaired) electrons. The largest absolute Gasteiger partial charge is 0.352 e. The van der Waals surface area contributed by atoms with Crippen LogP contribution in [0.25, 0.3) is 0 Å². The minimum Gasteiger partial charge on any atom is -0.352 e. The lowest BCUT2D eigenvalue weighted by Gasteiger charge is -2.34. The Morgan fingerprint density at radius 1 is 0.778 bits per heavy atom. The summed E-state index contributed by atoms with van der Waals surface area (Å²) in [5.41, 5.74) is 1.41. The summed E-state index contributed by atoms with van der Waals surface area (Å²) in [6.45, 7) is 2.86. The molecule has 0 aliphatic heterocycles. The van der Waals surface area contributed by atoms with Crippen molar-refractivity contribution in [3.8, 4) is 0 Å². The van der Waals surface area contributed by atoms with Crippen LogP contribution in [0.15, 0.2) is 102 Å². The van der Waals surface area contributed by atoms with E-state index in [2.05, 4.69) is 5.32 Å². The first-order valence-corrected chi connectivity index (χ1v) is 16.9. The van der Waals surface area contributed by atoms with Gasteiger partial charge in [-0.3, -0.25) is 13.9 Å². The van der Waals surface area contributed by atoms with Crippen LogP contribution in [0.3, 0.4) is 0 Å². The number of nitrogens with one attached hydrogen (secondary N) is 1. The summed E-state index contributed by atoms with van der Waals surface area (Å²) < 4.78 is 29.1. The Balaban J connectivity index is 1.84. The molecular weight excluding hydrogens is 676 g/mol. The van der Waals surface area contributed by atoms with E-state index in [9.17, 15) is 18.0 Å². The van der Waals surface area contributed by atoms with Crippen LogP contribution in [0.4, 0.5) is 5.69 Å². The normalized spacial score (nSPS) is 12.1. The van der Waals surface area contributed by atoms with E-state index in [1.807, 2.05) is 44.2 Å². The number of benzene rings is 4. The fourth-order valence-electron chi connectivity index (χ4n) is 4.70. The third kappa shape index (κ3) is 9.15. The van der Waals surface area contributed by atoms with Crippen molar-refractivity contribution in [3.63, 3.8) is 0 Å². The lowest BCUT2D eigenvalue weighted by atomic mass is 10.0. The van der Waals surface area contributed by atoms with Crippen LogP contribution < -0.4 is 9.62 Å². The fraction of sp³-hybridized carbons (Fsp3) is 0.212. The minimum atomic E-state index is -4.30. The Labute approximate surface area is 283 Å². The molecule has 0 aliphatic rings. The van der Waals surface area contributed by atoms with Crippen LogP contribution in [-0.4, -0.2) is 43.8 Å². The Morgan fingerprint density at radius 3 is 1.96 bits per heavy atom. The first kappa shape index (κ1) is 34.6. The number of anilines is 1. The number of carbonyl (C=O) groups is 2. The van der Waals surface area contributed by atoms with Crippen molar-refractivity contribution in [1.29, 1.82) is 0 Å². The van der Waals surface area contributed by atoms with Gasteiger partial charge in [0.05, 0.1) is 10.6 Å². The number of hydrogen-bond donors (Lipinski definition) is 1. The average molecular weight is 708 g/mol. The molecule has 1 atom stereocenters. The van der Waals surface area contributed by atoms with Gasteiger partial charge in [0.1, 0.15) is 12.6 Å². The zero-order valence-corrected chi connectivity index (χ0v) is 28.3. The quantitative estimate of drug-likeness (QED) is 0.164. The second-order valence-electron chi connectivity index (χ2n) is 10.6. The zero-order valence-electron chi connectivity index (χ0n) is 24.5. The molecule has 0 heterocycles. The third-order valence-corrected chi connectivity index (χ3v) is 9.61. The fourth-order valence-corrected chi connectivity index (χ4v) is 7.10. The Bertz CT molecular complexity index is 1740. The van der Waals surface area contributed by atoms with Gasteiger partial charge in [-0.15, -0.1) is 0 Å². The van der Waals surface area contributed by atoms with Crippen molar-refractivity contribution < 1.29 is 18.0 Å². The Hall–Kier alpha value is -3.27. The molecule has 0 saturated heterocycles. The maximum absolute atomic E-state index is 14.5. The molecule has 0 aliphatic carbocycles. The van der Waals surface area contributed by atoms with E-state index in [-0.39, 0.29) is 39.6 Å². The van der Waals surface area contributed by atoms with Gasteiger partial charge in [0.2, 0.25) is 11.8 Å². The molecular formula is C33H31Cl4N3O4S. The molecule has 0 spiro atoms. The SMILES string of the molecule is CC(C)NC(=O)C(Cc1ccccc1)N(Cc1ccc(Cl)cc1Cl)C(=O)CN(c1cc(Cl)cc(Cl)c1)S(=O)(=O)c1ccccc1. The van der Waals surface area contributed by atoms with Crippen molar-refractivity contribution in [1.82, 2.24) is 10.2 Å². The molecule has 0 saturated carbocycles. The van der Waals surface area contributed by atoms with Crippen LogP contribution in [0.1, 0.15) is 25.0 Å². The Kier molecular flexibility index (Phi) is 11.8. The average Bonchev–Trinajstić information content (AvgIpc) is 2.98. The van der Waals surface area contributed by atoms with E-state index in [0.717, 1.165) is 9.87 Å². The highest BCUT2D eigenvalue weighted by Crippen LogP contribution is 2.31. The smallest absolute Gasteiger partial charge is 0.264 e. The van der Waals surface area contributed by atoms with E-state index < -0.39 is 34.4 Å². The highest BCUT2D eigenvalue weighted by Gasteiger charge is 2.35. The molecule has 7 nitrogen and oxygen atoms in total. The first-order chi connectivity index (χ1) is 21.3.